The van der Waals surface area contributed by atoms with Gasteiger partial charge in [0.25, 0.3) is 5.56 Å². The van der Waals surface area contributed by atoms with Crippen LogP contribution in [0.25, 0.3) is 22.4 Å². The molecule has 0 saturated heterocycles. The molecule has 4 aromatic rings. The molecular weight excluding hydrogens is 444 g/mol. The standard InChI is InChI=1S/C23H23ClN6O3/c1-12-8-14(21(25)30-33-2)10-17-20(12)29-22(28-17)19-16(6-7-26-23(19)32)27-11-18(31)13-4-3-5-15(24)9-13/h3-10,18,31H,11H2,1-2H3,(H2,25,30)(H,28,29)(H2,26,27,32). The third kappa shape index (κ3) is 4.69. The van der Waals surface area contributed by atoms with Gasteiger partial charge in [0.15, 0.2) is 5.84 Å². The van der Waals surface area contributed by atoms with E-state index in [1.54, 1.807) is 36.4 Å². The number of aryl methyl sites for hydroxylation is 1. The molecule has 0 saturated carbocycles. The van der Waals surface area contributed by atoms with Crippen LogP contribution in [0, 0.1) is 6.92 Å². The number of halogens is 1. The van der Waals surface area contributed by atoms with Crippen LogP contribution in [0.3, 0.4) is 0 Å². The van der Waals surface area contributed by atoms with E-state index in [1.165, 1.54) is 13.3 Å². The van der Waals surface area contributed by atoms with E-state index >= 15 is 0 Å². The van der Waals surface area contributed by atoms with Crippen molar-refractivity contribution in [1.82, 2.24) is 15.0 Å². The van der Waals surface area contributed by atoms with Crippen LogP contribution in [0.2, 0.25) is 5.02 Å². The van der Waals surface area contributed by atoms with Gasteiger partial charge in [-0.1, -0.05) is 28.9 Å². The van der Waals surface area contributed by atoms with Crippen LogP contribution >= 0.6 is 11.6 Å². The van der Waals surface area contributed by atoms with E-state index in [-0.39, 0.29) is 17.9 Å². The molecule has 10 heteroatoms. The number of nitrogens with zero attached hydrogens (tertiary/aromatic N) is 2. The van der Waals surface area contributed by atoms with Gasteiger partial charge in [0.2, 0.25) is 0 Å². The summed E-state index contributed by atoms with van der Waals surface area (Å²) in [5, 5.41) is 18.0. The van der Waals surface area contributed by atoms with Crippen molar-refractivity contribution in [2.75, 3.05) is 19.0 Å². The fourth-order valence-electron chi connectivity index (χ4n) is 3.61. The summed E-state index contributed by atoms with van der Waals surface area (Å²) in [5.41, 5.74) is 10.1. The number of aromatic nitrogens is 3. The Kier molecular flexibility index (Phi) is 6.34. The van der Waals surface area contributed by atoms with Crippen molar-refractivity contribution in [1.29, 1.82) is 0 Å². The maximum absolute atomic E-state index is 12.7. The predicted octanol–water partition coefficient (Wildman–Crippen LogP) is 3.29. The van der Waals surface area contributed by atoms with Crippen molar-refractivity contribution in [2.45, 2.75) is 13.0 Å². The summed E-state index contributed by atoms with van der Waals surface area (Å²) in [6.45, 7) is 2.07. The highest BCUT2D eigenvalue weighted by atomic mass is 35.5. The number of aromatic amines is 2. The first-order valence-electron chi connectivity index (χ1n) is 10.1. The van der Waals surface area contributed by atoms with E-state index in [1.807, 2.05) is 13.0 Å². The second kappa shape index (κ2) is 9.35. The van der Waals surface area contributed by atoms with Crippen LogP contribution < -0.4 is 16.6 Å². The number of hydrogen-bond acceptors (Lipinski definition) is 6. The van der Waals surface area contributed by atoms with Gasteiger partial charge in [-0.3, -0.25) is 4.79 Å². The Labute approximate surface area is 194 Å². The van der Waals surface area contributed by atoms with Gasteiger partial charge in [-0.2, -0.15) is 0 Å². The molecule has 0 radical (unpaired) electrons. The highest BCUT2D eigenvalue weighted by Gasteiger charge is 2.17. The van der Waals surface area contributed by atoms with Gasteiger partial charge >= 0.3 is 0 Å². The number of nitrogens with two attached hydrogens (primary N) is 1. The van der Waals surface area contributed by atoms with E-state index < -0.39 is 6.10 Å². The largest absolute Gasteiger partial charge is 0.397 e. The van der Waals surface area contributed by atoms with Gasteiger partial charge in [0, 0.05) is 23.3 Å². The maximum atomic E-state index is 12.7. The van der Waals surface area contributed by atoms with Crippen LogP contribution in [0.4, 0.5) is 5.69 Å². The number of fused-ring (bicyclic) bond motifs is 1. The molecule has 0 fully saturated rings. The van der Waals surface area contributed by atoms with E-state index in [0.717, 1.165) is 5.56 Å². The van der Waals surface area contributed by atoms with E-state index in [9.17, 15) is 9.90 Å². The molecule has 0 aliphatic carbocycles. The number of aliphatic hydroxyl groups excluding tert-OH is 1. The Morgan fingerprint density at radius 2 is 2.15 bits per heavy atom. The smallest absolute Gasteiger partial charge is 0.261 e. The number of oxime groups is 1. The second-order valence-electron chi connectivity index (χ2n) is 7.48. The lowest BCUT2D eigenvalue weighted by Crippen LogP contribution is -2.17. The van der Waals surface area contributed by atoms with Crippen LogP contribution in [0.15, 0.2) is 58.6 Å². The average molecular weight is 467 g/mol. The number of H-pyrrole nitrogens is 2. The molecule has 0 bridgehead atoms. The molecule has 1 atom stereocenters. The first-order valence-corrected chi connectivity index (χ1v) is 10.5. The molecule has 0 aliphatic rings. The number of pyridine rings is 1. The Morgan fingerprint density at radius 1 is 1.33 bits per heavy atom. The van der Waals surface area contributed by atoms with Crippen LogP contribution in [-0.4, -0.2) is 39.5 Å². The van der Waals surface area contributed by atoms with Crippen LogP contribution in [0.1, 0.15) is 22.8 Å². The summed E-state index contributed by atoms with van der Waals surface area (Å²) in [6, 6.07) is 12.4. The van der Waals surface area contributed by atoms with Crippen LogP contribution in [0.5, 0.6) is 0 Å². The first kappa shape index (κ1) is 22.4. The molecular formula is C23H23ClN6O3. The van der Waals surface area contributed by atoms with Crippen molar-refractivity contribution < 1.29 is 9.94 Å². The van der Waals surface area contributed by atoms with Gasteiger partial charge in [-0.25, -0.2) is 4.98 Å². The third-order valence-corrected chi connectivity index (χ3v) is 5.41. The molecule has 33 heavy (non-hydrogen) atoms. The zero-order valence-electron chi connectivity index (χ0n) is 18.0. The van der Waals surface area contributed by atoms with Crippen molar-refractivity contribution in [3.8, 4) is 11.4 Å². The Morgan fingerprint density at radius 3 is 2.91 bits per heavy atom. The average Bonchev–Trinajstić information content (AvgIpc) is 3.22. The summed E-state index contributed by atoms with van der Waals surface area (Å²) < 4.78 is 0. The van der Waals surface area contributed by atoms with Gasteiger partial charge in [-0.15, -0.1) is 0 Å². The van der Waals surface area contributed by atoms with Crippen molar-refractivity contribution in [3.63, 3.8) is 0 Å². The number of amidine groups is 1. The van der Waals surface area contributed by atoms with Crippen molar-refractivity contribution >= 4 is 34.2 Å². The topological polar surface area (TPSA) is 141 Å². The molecule has 170 valence electrons. The summed E-state index contributed by atoms with van der Waals surface area (Å²) in [4.78, 5) is 28.0. The number of aliphatic hydroxyl groups is 1. The van der Waals surface area contributed by atoms with Gasteiger partial charge < -0.3 is 31.0 Å². The lowest BCUT2D eigenvalue weighted by Gasteiger charge is -2.15. The van der Waals surface area contributed by atoms with Crippen molar-refractivity contribution in [3.05, 3.63) is 80.7 Å². The number of rotatable bonds is 7. The molecule has 9 nitrogen and oxygen atoms in total. The second-order valence-corrected chi connectivity index (χ2v) is 7.92. The lowest BCUT2D eigenvalue weighted by molar-refractivity contribution is 0.191. The summed E-state index contributed by atoms with van der Waals surface area (Å²) in [5.74, 6) is 0.614. The van der Waals surface area contributed by atoms with Crippen LogP contribution in [-0.2, 0) is 4.84 Å². The molecule has 2 heterocycles. The minimum Gasteiger partial charge on any atom is -0.397 e. The fraction of sp³-hybridized carbons (Fsp3) is 0.174. The quantitative estimate of drug-likeness (QED) is 0.161. The van der Waals surface area contributed by atoms with E-state index in [0.29, 0.717) is 44.3 Å². The number of nitrogens with one attached hydrogen (secondary N) is 3. The van der Waals surface area contributed by atoms with E-state index in [4.69, 9.17) is 22.2 Å². The number of benzene rings is 2. The van der Waals surface area contributed by atoms with Crippen molar-refractivity contribution in [2.24, 2.45) is 10.9 Å². The van der Waals surface area contributed by atoms with Gasteiger partial charge in [0.05, 0.1) is 22.8 Å². The number of imidazole rings is 1. The molecule has 0 aliphatic heterocycles. The van der Waals surface area contributed by atoms with Gasteiger partial charge in [0.1, 0.15) is 18.5 Å². The molecule has 2 aromatic heterocycles. The fourth-order valence-corrected chi connectivity index (χ4v) is 3.81. The normalized spacial score (nSPS) is 12.7. The predicted molar refractivity (Wildman–Crippen MR) is 130 cm³/mol. The zero-order chi connectivity index (χ0) is 23.5. The van der Waals surface area contributed by atoms with Gasteiger partial charge in [-0.05, 0) is 48.4 Å². The minimum atomic E-state index is -0.820. The maximum Gasteiger partial charge on any atom is 0.261 e. The minimum absolute atomic E-state index is 0.171. The summed E-state index contributed by atoms with van der Waals surface area (Å²) in [6.07, 6.45) is 0.716. The monoisotopic (exact) mass is 466 g/mol. The Bertz CT molecular complexity index is 1390. The molecule has 4 rings (SSSR count). The number of hydrogen-bond donors (Lipinski definition) is 5. The van der Waals surface area contributed by atoms with E-state index in [2.05, 4.69) is 25.4 Å². The molecule has 0 spiro atoms. The number of anilines is 1. The summed E-state index contributed by atoms with van der Waals surface area (Å²) >= 11 is 6.02. The molecule has 0 amide bonds. The Balaban J connectivity index is 1.69. The SMILES string of the molecule is CON=C(N)c1cc(C)c2nc(-c3c(NCC(O)c4cccc(Cl)c4)cc[nH]c3=O)[nH]c2c1. The lowest BCUT2D eigenvalue weighted by atomic mass is 10.1. The zero-order valence-corrected chi connectivity index (χ0v) is 18.8. The third-order valence-electron chi connectivity index (χ3n) is 5.18. The Hall–Kier alpha value is -3.82. The summed E-state index contributed by atoms with van der Waals surface area (Å²) in [7, 11) is 1.42. The molecule has 6 N–H and O–H groups in total. The highest BCUT2D eigenvalue weighted by Crippen LogP contribution is 2.27. The molecule has 1 unspecified atom stereocenters. The first-order chi connectivity index (χ1) is 15.9. The highest BCUT2D eigenvalue weighted by molar-refractivity contribution is 6.30. The molecule has 2 aromatic carbocycles.